The number of hydrogen-bond acceptors (Lipinski definition) is 15. The number of aromatic hydroxyl groups is 2. The molecule has 29 nitrogen and oxygen atoms in total. The smallest absolute Gasteiger partial charge is 0.243 e. The Hall–Kier alpha value is -8.76. The highest BCUT2D eigenvalue weighted by Gasteiger charge is 2.37. The van der Waals surface area contributed by atoms with Crippen LogP contribution in [0.15, 0.2) is 58.5 Å². The SMILES string of the molecule is CC[C@H](C)[C@H](N)C(=O)N[C@@H](CC(N)=O)C(=O)N[C@@H](CC(C)C)C(=O)N[C@H](C(=O)N[C@@H](Cc1ccc(O)cc1)C(=O)N[C@@H](CCCN=C(N)N)C(=O)N[C@@H](CC(C)C)C(=O)N[C@@H](CCCN=C(N)N)C(=O)N[C@@H](Cc1ccc(O)cc1)C(N)=O)[C@@H](C)CC. The van der Waals surface area contributed by atoms with E-state index in [-0.39, 0.29) is 106 Å². The number of benzene rings is 2. The molecule has 0 aliphatic carbocycles. The van der Waals surface area contributed by atoms with E-state index in [1.54, 1.807) is 60.6 Å². The lowest BCUT2D eigenvalue weighted by molar-refractivity contribution is -0.137. The summed E-state index contributed by atoms with van der Waals surface area (Å²) in [6, 6.07) is -0.446. The zero-order valence-corrected chi connectivity index (χ0v) is 51.2. The highest BCUT2D eigenvalue weighted by atomic mass is 16.3. The van der Waals surface area contributed by atoms with Crippen LogP contribution < -0.4 is 82.7 Å². The van der Waals surface area contributed by atoms with Gasteiger partial charge in [0.15, 0.2) is 11.9 Å². The molecule has 0 bridgehead atoms. The fraction of sp³-hybridized carbons (Fsp3) is 0.586. The van der Waals surface area contributed by atoms with Crippen LogP contribution >= 0.6 is 0 Å². The molecule has 24 N–H and O–H groups in total. The lowest BCUT2D eigenvalue weighted by Crippen LogP contribution is -2.61. The third-order valence-electron chi connectivity index (χ3n) is 14.3. The Balaban J connectivity index is 2.60. The summed E-state index contributed by atoms with van der Waals surface area (Å²) in [6.07, 6.45) is 0.0964. The van der Waals surface area contributed by atoms with Crippen LogP contribution in [0.5, 0.6) is 11.5 Å². The van der Waals surface area contributed by atoms with E-state index < -0.39 is 126 Å². The molecule has 0 fully saturated rings. The van der Waals surface area contributed by atoms with Crippen molar-refractivity contribution in [2.75, 3.05) is 13.1 Å². The van der Waals surface area contributed by atoms with Crippen LogP contribution in [-0.2, 0) is 60.8 Å². The molecule has 0 aromatic heterocycles. The van der Waals surface area contributed by atoms with Gasteiger partial charge in [-0.05, 0) is 97.6 Å². The molecule has 0 aliphatic rings. The first-order chi connectivity index (χ1) is 40.8. The highest BCUT2D eigenvalue weighted by molar-refractivity contribution is 5.99. The summed E-state index contributed by atoms with van der Waals surface area (Å²) in [5.74, 6) is -10.4. The molecule has 2 aromatic rings. The molecule has 0 aliphatic heterocycles. The number of primary amides is 2. The predicted molar refractivity (Wildman–Crippen MR) is 328 cm³/mol. The van der Waals surface area contributed by atoms with E-state index in [1.807, 2.05) is 6.92 Å². The first-order valence-electron chi connectivity index (χ1n) is 29.3. The summed E-state index contributed by atoms with van der Waals surface area (Å²) >= 11 is 0. The molecular weight excluding hydrogens is 1130 g/mol. The molecule has 0 radical (unpaired) electrons. The van der Waals surface area contributed by atoms with Crippen LogP contribution in [0.2, 0.25) is 0 Å². The van der Waals surface area contributed by atoms with Crippen LogP contribution in [0.3, 0.4) is 0 Å². The second-order valence-electron chi connectivity index (χ2n) is 22.7. The monoisotopic (exact) mass is 1220 g/mol. The average molecular weight is 1220 g/mol. The molecule has 10 amide bonds. The van der Waals surface area contributed by atoms with Gasteiger partial charge in [0.2, 0.25) is 59.1 Å². The second-order valence-corrected chi connectivity index (χ2v) is 22.7. The Morgan fingerprint density at radius 1 is 0.437 bits per heavy atom. The minimum atomic E-state index is -1.51. The van der Waals surface area contributed by atoms with Crippen molar-refractivity contribution in [2.45, 2.75) is 180 Å². The fourth-order valence-electron chi connectivity index (χ4n) is 8.89. The van der Waals surface area contributed by atoms with Gasteiger partial charge in [-0.15, -0.1) is 0 Å². The summed E-state index contributed by atoms with van der Waals surface area (Å²) in [5.41, 5.74) is 40.5. The maximum absolute atomic E-state index is 14.8. The topological polar surface area (TPSA) is 514 Å². The molecule has 11 atom stereocenters. The summed E-state index contributed by atoms with van der Waals surface area (Å²) < 4.78 is 0. The summed E-state index contributed by atoms with van der Waals surface area (Å²) in [7, 11) is 0. The number of phenolic OH excluding ortho intramolecular Hbond substituents is 2. The quantitative estimate of drug-likeness (QED) is 0.0191. The van der Waals surface area contributed by atoms with Gasteiger partial charge in [-0.3, -0.25) is 57.9 Å². The third kappa shape index (κ3) is 27.9. The Bertz CT molecular complexity index is 2670. The number of rotatable bonds is 39. The first-order valence-corrected chi connectivity index (χ1v) is 29.3. The van der Waals surface area contributed by atoms with Crippen molar-refractivity contribution in [2.24, 2.45) is 73.8 Å². The minimum absolute atomic E-state index is 0.00261. The lowest BCUT2D eigenvalue weighted by Gasteiger charge is -2.30. The number of carbonyl (C=O) groups is 10. The van der Waals surface area contributed by atoms with Crippen LogP contribution in [-0.4, -0.2) is 149 Å². The van der Waals surface area contributed by atoms with E-state index in [9.17, 15) is 58.2 Å². The van der Waals surface area contributed by atoms with Gasteiger partial charge < -0.3 is 92.9 Å². The summed E-state index contributed by atoms with van der Waals surface area (Å²) in [4.78, 5) is 146. The van der Waals surface area contributed by atoms with Gasteiger partial charge in [-0.1, -0.05) is 92.5 Å². The number of guanidine groups is 2. The van der Waals surface area contributed by atoms with Crippen molar-refractivity contribution in [1.29, 1.82) is 0 Å². The van der Waals surface area contributed by atoms with Crippen molar-refractivity contribution in [3.63, 3.8) is 0 Å². The third-order valence-corrected chi connectivity index (χ3v) is 14.3. The number of nitrogens with zero attached hydrogens (tertiary/aromatic N) is 2. The Kier molecular flexibility index (Phi) is 32.1. The Morgan fingerprint density at radius 2 is 0.782 bits per heavy atom. The van der Waals surface area contributed by atoms with Crippen LogP contribution in [0.25, 0.3) is 0 Å². The van der Waals surface area contributed by atoms with Crippen molar-refractivity contribution in [3.8, 4) is 11.5 Å². The minimum Gasteiger partial charge on any atom is -0.508 e. The maximum Gasteiger partial charge on any atom is 0.243 e. The molecule has 0 heterocycles. The molecule has 0 unspecified atom stereocenters. The van der Waals surface area contributed by atoms with Crippen LogP contribution in [0.4, 0.5) is 0 Å². The average Bonchev–Trinajstić information content (AvgIpc) is 3.48. The van der Waals surface area contributed by atoms with E-state index in [4.69, 9.17) is 40.1 Å². The number of aliphatic imine (C=N–C) groups is 2. The zero-order valence-electron chi connectivity index (χ0n) is 51.2. The van der Waals surface area contributed by atoms with Gasteiger partial charge in [0, 0.05) is 25.9 Å². The van der Waals surface area contributed by atoms with Gasteiger partial charge in [-0.25, -0.2) is 0 Å². The van der Waals surface area contributed by atoms with Gasteiger partial charge in [0.1, 0.15) is 59.8 Å². The largest absolute Gasteiger partial charge is 0.508 e. The molecular formula is C58H95N17O12. The Morgan fingerprint density at radius 3 is 1.17 bits per heavy atom. The van der Waals surface area contributed by atoms with E-state index in [1.165, 1.54) is 36.4 Å². The van der Waals surface area contributed by atoms with E-state index in [2.05, 4.69) is 52.5 Å². The molecule has 2 aromatic carbocycles. The second kappa shape index (κ2) is 37.6. The molecule has 484 valence electrons. The van der Waals surface area contributed by atoms with Crippen molar-refractivity contribution >= 4 is 71.0 Å². The highest BCUT2D eigenvalue weighted by Crippen LogP contribution is 2.17. The fourth-order valence-corrected chi connectivity index (χ4v) is 8.89. The van der Waals surface area contributed by atoms with E-state index in [0.717, 1.165) is 0 Å². The first kappa shape index (κ1) is 74.3. The van der Waals surface area contributed by atoms with Gasteiger partial charge >= 0.3 is 0 Å². The number of phenols is 2. The number of hydrogen-bond donors (Lipinski definition) is 17. The molecule has 87 heavy (non-hydrogen) atoms. The van der Waals surface area contributed by atoms with Crippen molar-refractivity contribution in [1.82, 2.24) is 42.5 Å². The number of amides is 10. The molecule has 0 saturated heterocycles. The maximum atomic E-state index is 14.8. The number of nitrogens with two attached hydrogens (primary N) is 7. The molecule has 0 saturated carbocycles. The lowest BCUT2D eigenvalue weighted by atomic mass is 9.95. The number of nitrogens with one attached hydrogen (secondary N) is 8. The van der Waals surface area contributed by atoms with Gasteiger partial charge in [-0.2, -0.15) is 0 Å². The van der Waals surface area contributed by atoms with Crippen LogP contribution in [0.1, 0.15) is 124 Å². The molecule has 29 heteroatoms. The Labute approximate surface area is 508 Å². The zero-order chi connectivity index (χ0) is 65.7. The normalized spacial score (nSPS) is 14.9. The van der Waals surface area contributed by atoms with Crippen molar-refractivity contribution < 1.29 is 58.2 Å². The van der Waals surface area contributed by atoms with Gasteiger partial charge in [0.05, 0.1) is 12.5 Å². The van der Waals surface area contributed by atoms with Crippen LogP contribution in [0, 0.1) is 23.7 Å². The summed E-state index contributed by atoms with van der Waals surface area (Å²) in [5, 5.41) is 41.2. The standard InChI is InChI=1S/C58H95N17O12/c1-9-32(7)46(60)55(86)73-44(29-45(59)78)53(84)72-42(26-31(5)6)54(85)75-47(33(8)10-2)56(87)74-43(28-35-17-21-37(77)22-18-35)52(83)69-39(14-12-24-67-58(64)65)50(81)71-41(25-30(3)4)51(82)68-38(13-11-23-66-57(62)63)49(80)70-40(48(61)79)27-34-15-19-36(76)20-16-34/h15-22,30-33,38-44,46-47,76-77H,9-14,23-29,60H2,1-8H3,(H2,59,78)(H2,61,79)(H,68,82)(H,69,83)(H,70,80)(H,71,81)(H,72,84)(H,73,86)(H,74,87)(H,75,85)(H4,62,63,66)(H4,64,65,67)/t32-,33-,38-,39-,40-,41-,42-,43-,44-,46-,47-/m0/s1. The predicted octanol–water partition coefficient (Wildman–Crippen LogP) is -2.26. The molecule has 0 spiro atoms. The molecule has 2 rings (SSSR count). The summed E-state index contributed by atoms with van der Waals surface area (Å²) in [6.45, 7) is 14.2. The van der Waals surface area contributed by atoms with E-state index in [0.29, 0.717) is 24.0 Å². The van der Waals surface area contributed by atoms with Crippen molar-refractivity contribution in [3.05, 3.63) is 59.7 Å². The number of carbonyl (C=O) groups excluding carboxylic acids is 10. The van der Waals surface area contributed by atoms with Gasteiger partial charge in [0.25, 0.3) is 0 Å². The van der Waals surface area contributed by atoms with E-state index >= 15 is 0 Å².